The lowest BCUT2D eigenvalue weighted by molar-refractivity contribution is 0.0991. The van der Waals surface area contributed by atoms with Crippen LogP contribution in [-0.4, -0.2) is 5.78 Å². The highest BCUT2D eigenvalue weighted by Gasteiger charge is 2.14. The average Bonchev–Trinajstić information content (AvgIpc) is 2.36. The number of benzene rings is 2. The summed E-state index contributed by atoms with van der Waals surface area (Å²) in [6, 6.07) is 10.1. The van der Waals surface area contributed by atoms with Gasteiger partial charge in [0.2, 0.25) is 0 Å². The van der Waals surface area contributed by atoms with Gasteiger partial charge in [0.1, 0.15) is 5.82 Å². The van der Waals surface area contributed by atoms with E-state index in [-0.39, 0.29) is 18.0 Å². The molecule has 0 heterocycles. The quantitative estimate of drug-likeness (QED) is 0.411. The van der Waals surface area contributed by atoms with Crippen molar-refractivity contribution in [3.05, 3.63) is 65.9 Å². The molecule has 0 bridgehead atoms. The number of Topliss-reactive ketones (excluding diaryl/α,β-unsaturated/α-hetero) is 1. The second-order valence-corrected chi connectivity index (χ2v) is 6.98. The van der Waals surface area contributed by atoms with E-state index in [1.807, 2.05) is 12.1 Å². The van der Waals surface area contributed by atoms with Gasteiger partial charge in [0, 0.05) is 24.5 Å². The summed E-state index contributed by atoms with van der Waals surface area (Å²) < 4.78 is 16.1. The van der Waals surface area contributed by atoms with Crippen molar-refractivity contribution in [3.63, 3.8) is 0 Å². The molecule has 2 aromatic rings. The predicted octanol–water partition coefficient (Wildman–Crippen LogP) is 5.38. The maximum atomic E-state index is 13.6. The maximum absolute atomic E-state index is 13.6. The van der Waals surface area contributed by atoms with Gasteiger partial charge in [-0.25, -0.2) is 4.39 Å². The zero-order valence-corrected chi connectivity index (χ0v) is 14.9. The Balaban J connectivity index is 2.30. The number of halogens is 4. The summed E-state index contributed by atoms with van der Waals surface area (Å²) >= 11 is 8.77. The van der Waals surface area contributed by atoms with Crippen LogP contribution in [0.3, 0.4) is 0 Å². The van der Waals surface area contributed by atoms with E-state index in [4.69, 9.17) is 0 Å². The summed E-state index contributed by atoms with van der Waals surface area (Å²) in [5, 5.41) is 0. The molecule has 0 amide bonds. The molecule has 0 aliphatic carbocycles. The molecule has 0 aromatic heterocycles. The highest BCUT2D eigenvalue weighted by molar-refractivity contribution is 14.1. The molecule has 5 heteroatoms. The third-order valence-corrected chi connectivity index (χ3v) is 4.44. The fourth-order valence-corrected chi connectivity index (χ4v) is 3.03. The van der Waals surface area contributed by atoms with E-state index in [0.717, 1.165) is 12.5 Å². The van der Waals surface area contributed by atoms with Crippen molar-refractivity contribution < 1.29 is 9.18 Å². The Bertz CT molecular complexity index is 643. The van der Waals surface area contributed by atoms with Crippen molar-refractivity contribution >= 4 is 60.2 Å². The maximum Gasteiger partial charge on any atom is 0.168 e. The number of rotatable bonds is 3. The molecule has 0 saturated carbocycles. The van der Waals surface area contributed by atoms with Crippen molar-refractivity contribution in [2.45, 2.75) is 6.42 Å². The lowest BCUT2D eigenvalue weighted by atomic mass is 10.0. The van der Waals surface area contributed by atoms with Crippen LogP contribution in [0.25, 0.3) is 0 Å². The van der Waals surface area contributed by atoms with Crippen LogP contribution in [0.2, 0.25) is 0 Å². The van der Waals surface area contributed by atoms with E-state index >= 15 is 0 Å². The van der Waals surface area contributed by atoms with E-state index in [1.54, 1.807) is 18.2 Å². The van der Waals surface area contributed by atoms with Crippen LogP contribution in [0.5, 0.6) is 0 Å². The van der Waals surface area contributed by atoms with Crippen molar-refractivity contribution in [1.82, 2.24) is 0 Å². The molecule has 0 unspecified atom stereocenters. The molecule has 0 saturated heterocycles. The van der Waals surface area contributed by atoms with Crippen LogP contribution in [0.4, 0.5) is 4.39 Å². The van der Waals surface area contributed by atoms with E-state index in [9.17, 15) is 9.18 Å². The first-order valence-corrected chi connectivity index (χ1v) is 8.06. The second kappa shape index (κ2) is 6.45. The molecule has 0 radical (unpaired) electrons. The average molecular weight is 498 g/mol. The molecular formula is C14H8Br2FIO. The molecule has 1 nitrogen and oxygen atoms in total. The predicted molar refractivity (Wildman–Crippen MR) is 89.0 cm³/mol. The van der Waals surface area contributed by atoms with Crippen molar-refractivity contribution in [1.29, 1.82) is 0 Å². The first-order chi connectivity index (χ1) is 8.97. The molecular weight excluding hydrogens is 490 g/mol. The van der Waals surface area contributed by atoms with Gasteiger partial charge in [0.25, 0.3) is 0 Å². The molecule has 0 N–H and O–H groups in total. The number of hydrogen-bond acceptors (Lipinski definition) is 1. The Hall–Kier alpha value is -0.270. The summed E-state index contributed by atoms with van der Waals surface area (Å²) in [7, 11) is 0. The Morgan fingerprint density at radius 3 is 2.63 bits per heavy atom. The monoisotopic (exact) mass is 496 g/mol. The smallest absolute Gasteiger partial charge is 0.168 e. The van der Waals surface area contributed by atoms with E-state index < -0.39 is 0 Å². The molecule has 2 rings (SSSR count). The topological polar surface area (TPSA) is 17.1 Å². The third kappa shape index (κ3) is 3.86. The number of carbonyl (C=O) groups is 1. The molecule has 0 fully saturated rings. The van der Waals surface area contributed by atoms with Crippen LogP contribution >= 0.6 is 54.5 Å². The first-order valence-electron chi connectivity index (χ1n) is 5.39. The second-order valence-electron chi connectivity index (χ2n) is 3.96. The Morgan fingerprint density at radius 2 is 1.89 bits per heavy atom. The van der Waals surface area contributed by atoms with Gasteiger partial charge in [-0.15, -0.1) is 0 Å². The largest absolute Gasteiger partial charge is 0.294 e. The van der Waals surface area contributed by atoms with Gasteiger partial charge in [-0.2, -0.15) is 0 Å². The summed E-state index contributed by atoms with van der Waals surface area (Å²) in [5.41, 5.74) is 0.969. The van der Waals surface area contributed by atoms with Gasteiger partial charge < -0.3 is 0 Å². The van der Waals surface area contributed by atoms with Crippen LogP contribution in [-0.2, 0) is 6.42 Å². The minimum absolute atomic E-state index is 0.0456. The van der Waals surface area contributed by atoms with Crippen LogP contribution in [0, 0.1) is 9.39 Å². The van der Waals surface area contributed by atoms with Crippen LogP contribution in [0.1, 0.15) is 15.9 Å². The number of carbonyl (C=O) groups excluding carboxylic acids is 1. The van der Waals surface area contributed by atoms with E-state index in [1.165, 1.54) is 6.07 Å². The summed E-state index contributed by atoms with van der Waals surface area (Å²) in [4.78, 5) is 12.2. The van der Waals surface area contributed by atoms with Gasteiger partial charge in [0.05, 0.1) is 0 Å². The standard InChI is InChI=1S/C14H8Br2FIO/c15-9-1-4-13(17)8(5-9)6-14(19)11-7-10(18)2-3-12(11)16/h1-5,7H,6H2. The molecule has 0 atom stereocenters. The Morgan fingerprint density at radius 1 is 1.16 bits per heavy atom. The van der Waals surface area contributed by atoms with Gasteiger partial charge in [-0.3, -0.25) is 4.79 Å². The first kappa shape index (κ1) is 15.1. The van der Waals surface area contributed by atoms with Gasteiger partial charge in [-0.1, -0.05) is 31.9 Å². The number of ketones is 1. The fraction of sp³-hybridized carbons (Fsp3) is 0.0714. The van der Waals surface area contributed by atoms with Crippen LogP contribution < -0.4 is 0 Å². The van der Waals surface area contributed by atoms with Crippen molar-refractivity contribution in [2.24, 2.45) is 0 Å². The number of hydrogen-bond donors (Lipinski definition) is 0. The summed E-state index contributed by atoms with van der Waals surface area (Å²) in [6.45, 7) is 0. The minimum Gasteiger partial charge on any atom is -0.294 e. The fourth-order valence-electron chi connectivity index (χ4n) is 1.66. The van der Waals surface area contributed by atoms with Gasteiger partial charge in [0.15, 0.2) is 5.78 Å². The third-order valence-electron chi connectivity index (χ3n) is 2.59. The van der Waals surface area contributed by atoms with Crippen LogP contribution in [0.15, 0.2) is 45.3 Å². The summed E-state index contributed by atoms with van der Waals surface area (Å²) in [5.74, 6) is -0.472. The highest BCUT2D eigenvalue weighted by atomic mass is 127. The molecule has 0 aliphatic heterocycles. The normalized spacial score (nSPS) is 10.5. The lowest BCUT2D eigenvalue weighted by Gasteiger charge is -2.06. The Kier molecular flexibility index (Phi) is 5.14. The molecule has 19 heavy (non-hydrogen) atoms. The molecule has 2 aromatic carbocycles. The molecule has 98 valence electrons. The minimum atomic E-state index is -0.363. The molecule has 0 aliphatic rings. The summed E-state index contributed by atoms with van der Waals surface area (Å²) in [6.07, 6.45) is 0.0456. The lowest BCUT2D eigenvalue weighted by Crippen LogP contribution is -2.06. The SMILES string of the molecule is O=C(Cc1cc(Br)ccc1F)c1cc(I)ccc1Br. The molecule has 0 spiro atoms. The zero-order chi connectivity index (χ0) is 14.0. The van der Waals surface area contributed by atoms with Crippen molar-refractivity contribution in [3.8, 4) is 0 Å². The van der Waals surface area contributed by atoms with Gasteiger partial charge in [-0.05, 0) is 64.6 Å². The Labute approximate surface area is 141 Å². The van der Waals surface area contributed by atoms with E-state index in [0.29, 0.717) is 11.1 Å². The van der Waals surface area contributed by atoms with Crippen molar-refractivity contribution in [2.75, 3.05) is 0 Å². The zero-order valence-electron chi connectivity index (χ0n) is 9.59. The van der Waals surface area contributed by atoms with Gasteiger partial charge >= 0.3 is 0 Å². The highest BCUT2D eigenvalue weighted by Crippen LogP contribution is 2.23. The van der Waals surface area contributed by atoms with E-state index in [2.05, 4.69) is 54.5 Å².